The molecular formula is C13H24O. The summed E-state index contributed by atoms with van der Waals surface area (Å²) < 4.78 is 0. The van der Waals surface area contributed by atoms with Crippen LogP contribution in [0.4, 0.5) is 0 Å². The molecule has 0 spiro atoms. The molecule has 1 nitrogen and oxygen atoms in total. The Labute approximate surface area is 87.9 Å². The van der Waals surface area contributed by atoms with E-state index in [1.165, 1.54) is 19.3 Å². The average molecular weight is 196 g/mol. The van der Waals surface area contributed by atoms with Crippen LogP contribution in [0.1, 0.15) is 52.9 Å². The number of hydrogen-bond donors (Lipinski definition) is 1. The molecule has 0 saturated heterocycles. The average Bonchev–Trinajstić information content (AvgIpc) is 2.41. The van der Waals surface area contributed by atoms with Gasteiger partial charge in [0.15, 0.2) is 0 Å². The largest absolute Gasteiger partial charge is 0.393 e. The Morgan fingerprint density at radius 1 is 0.929 bits per heavy atom. The van der Waals surface area contributed by atoms with Gasteiger partial charge in [-0.25, -0.2) is 0 Å². The Morgan fingerprint density at radius 3 is 2.21 bits per heavy atom. The van der Waals surface area contributed by atoms with Gasteiger partial charge in [0.05, 0.1) is 6.10 Å². The van der Waals surface area contributed by atoms with E-state index >= 15 is 0 Å². The van der Waals surface area contributed by atoms with Gasteiger partial charge in [-0.2, -0.15) is 0 Å². The van der Waals surface area contributed by atoms with Crippen LogP contribution in [0.3, 0.4) is 0 Å². The van der Waals surface area contributed by atoms with Crippen molar-refractivity contribution in [3.63, 3.8) is 0 Å². The number of rotatable bonds is 0. The lowest BCUT2D eigenvalue weighted by Crippen LogP contribution is -2.29. The van der Waals surface area contributed by atoms with Crippen LogP contribution in [0, 0.1) is 23.2 Å². The smallest absolute Gasteiger partial charge is 0.0545 e. The molecule has 0 aromatic heterocycles. The van der Waals surface area contributed by atoms with Crippen molar-refractivity contribution in [2.45, 2.75) is 59.0 Å². The molecule has 0 amide bonds. The third-order valence-corrected chi connectivity index (χ3v) is 4.51. The van der Waals surface area contributed by atoms with Crippen molar-refractivity contribution in [3.8, 4) is 0 Å². The van der Waals surface area contributed by atoms with Crippen LogP contribution in [0.25, 0.3) is 0 Å². The number of aliphatic hydroxyl groups excluding tert-OH is 1. The summed E-state index contributed by atoms with van der Waals surface area (Å²) in [6.07, 6.45) is 6.30. The molecule has 2 rings (SSSR count). The highest BCUT2D eigenvalue weighted by atomic mass is 16.3. The van der Waals surface area contributed by atoms with Gasteiger partial charge in [0.2, 0.25) is 0 Å². The first-order chi connectivity index (χ1) is 6.47. The number of fused-ring (bicyclic) bond motifs is 1. The fourth-order valence-corrected chi connectivity index (χ4v) is 3.51. The first kappa shape index (κ1) is 10.5. The Bertz CT molecular complexity index is 204. The summed E-state index contributed by atoms with van der Waals surface area (Å²) in [7, 11) is 0. The summed E-state index contributed by atoms with van der Waals surface area (Å²) in [5.74, 6) is 2.57. The molecule has 1 heteroatoms. The molecule has 1 N–H and O–H groups in total. The van der Waals surface area contributed by atoms with E-state index in [4.69, 9.17) is 0 Å². The maximum absolute atomic E-state index is 9.65. The molecule has 0 bridgehead atoms. The van der Waals surface area contributed by atoms with Crippen LogP contribution >= 0.6 is 0 Å². The van der Waals surface area contributed by atoms with Crippen LogP contribution in [0.15, 0.2) is 0 Å². The second-order valence-electron chi connectivity index (χ2n) is 6.52. The molecule has 14 heavy (non-hydrogen) atoms. The van der Waals surface area contributed by atoms with E-state index in [0.29, 0.717) is 5.41 Å². The monoisotopic (exact) mass is 196 g/mol. The summed E-state index contributed by atoms with van der Waals surface area (Å²) in [5.41, 5.74) is 0.471. The molecule has 82 valence electrons. The van der Waals surface area contributed by atoms with Gasteiger partial charge >= 0.3 is 0 Å². The number of aliphatic hydroxyl groups is 1. The molecule has 2 aliphatic carbocycles. The van der Waals surface area contributed by atoms with Crippen LogP contribution in [-0.4, -0.2) is 11.2 Å². The maximum atomic E-state index is 9.65. The maximum Gasteiger partial charge on any atom is 0.0545 e. The highest BCUT2D eigenvalue weighted by Gasteiger charge is 2.40. The quantitative estimate of drug-likeness (QED) is 0.630. The van der Waals surface area contributed by atoms with Crippen molar-refractivity contribution < 1.29 is 5.11 Å². The molecule has 0 heterocycles. The lowest BCUT2D eigenvalue weighted by molar-refractivity contribution is 0.113. The van der Waals surface area contributed by atoms with Crippen LogP contribution in [-0.2, 0) is 0 Å². The molecular weight excluding hydrogens is 172 g/mol. The minimum absolute atomic E-state index is 0.0173. The summed E-state index contributed by atoms with van der Waals surface area (Å²) in [6, 6.07) is 0. The van der Waals surface area contributed by atoms with Gasteiger partial charge in [-0.1, -0.05) is 20.8 Å². The predicted molar refractivity (Wildman–Crippen MR) is 59.0 cm³/mol. The Hall–Kier alpha value is -0.0400. The summed E-state index contributed by atoms with van der Waals surface area (Å²) in [4.78, 5) is 0. The standard InChI is InChI=1S/C13H24O/c1-13(2,3)11-5-4-9-7-12(14)8-10(9)6-11/h9-12,14H,4-8H2,1-3H3. The first-order valence-corrected chi connectivity index (χ1v) is 6.15. The van der Waals surface area contributed by atoms with Gasteiger partial charge in [0.1, 0.15) is 0 Å². The van der Waals surface area contributed by atoms with Gasteiger partial charge in [-0.15, -0.1) is 0 Å². The van der Waals surface area contributed by atoms with Crippen molar-refractivity contribution in [1.29, 1.82) is 0 Å². The predicted octanol–water partition coefficient (Wildman–Crippen LogP) is 3.22. The van der Waals surface area contributed by atoms with Crippen LogP contribution < -0.4 is 0 Å². The molecule has 0 aliphatic heterocycles. The topological polar surface area (TPSA) is 20.2 Å². The zero-order valence-corrected chi connectivity index (χ0v) is 9.79. The molecule has 4 atom stereocenters. The molecule has 0 aromatic carbocycles. The fourth-order valence-electron chi connectivity index (χ4n) is 3.51. The summed E-state index contributed by atoms with van der Waals surface area (Å²) >= 11 is 0. The van der Waals surface area contributed by atoms with Gasteiger partial charge in [-0.3, -0.25) is 0 Å². The van der Waals surface area contributed by atoms with Crippen molar-refractivity contribution >= 4 is 0 Å². The van der Waals surface area contributed by atoms with E-state index in [1.54, 1.807) is 0 Å². The molecule has 2 saturated carbocycles. The van der Waals surface area contributed by atoms with E-state index in [2.05, 4.69) is 20.8 Å². The lowest BCUT2D eigenvalue weighted by Gasteiger charge is -2.39. The van der Waals surface area contributed by atoms with E-state index in [0.717, 1.165) is 30.6 Å². The highest BCUT2D eigenvalue weighted by molar-refractivity contribution is 4.91. The highest BCUT2D eigenvalue weighted by Crippen LogP contribution is 2.48. The molecule has 0 radical (unpaired) electrons. The third-order valence-electron chi connectivity index (χ3n) is 4.51. The summed E-state index contributed by atoms with van der Waals surface area (Å²) in [5, 5.41) is 9.65. The van der Waals surface area contributed by atoms with Gasteiger partial charge in [0, 0.05) is 0 Å². The molecule has 0 aromatic rings. The fraction of sp³-hybridized carbons (Fsp3) is 1.00. The molecule has 4 unspecified atom stereocenters. The van der Waals surface area contributed by atoms with Crippen LogP contribution in [0.5, 0.6) is 0 Å². The minimum Gasteiger partial charge on any atom is -0.393 e. The van der Waals surface area contributed by atoms with Crippen molar-refractivity contribution in [2.24, 2.45) is 23.2 Å². The van der Waals surface area contributed by atoms with Crippen molar-refractivity contribution in [3.05, 3.63) is 0 Å². The van der Waals surface area contributed by atoms with Crippen LogP contribution in [0.2, 0.25) is 0 Å². The number of hydrogen-bond acceptors (Lipinski definition) is 1. The van der Waals surface area contributed by atoms with E-state index in [1.807, 2.05) is 0 Å². The van der Waals surface area contributed by atoms with Gasteiger partial charge in [-0.05, 0) is 55.3 Å². The van der Waals surface area contributed by atoms with E-state index < -0.39 is 0 Å². The minimum atomic E-state index is 0.0173. The molecule has 2 fully saturated rings. The SMILES string of the molecule is CC(C)(C)C1CCC2CC(O)CC2C1. The Balaban J connectivity index is 1.98. The second-order valence-corrected chi connectivity index (χ2v) is 6.52. The Morgan fingerprint density at radius 2 is 1.57 bits per heavy atom. The van der Waals surface area contributed by atoms with E-state index in [-0.39, 0.29) is 6.10 Å². The van der Waals surface area contributed by atoms with Gasteiger partial charge < -0.3 is 5.11 Å². The van der Waals surface area contributed by atoms with Crippen molar-refractivity contribution in [1.82, 2.24) is 0 Å². The second kappa shape index (κ2) is 3.52. The normalized spacial score (nSPS) is 43.7. The zero-order valence-electron chi connectivity index (χ0n) is 9.79. The third kappa shape index (κ3) is 1.98. The molecule has 2 aliphatic rings. The van der Waals surface area contributed by atoms with Gasteiger partial charge in [0.25, 0.3) is 0 Å². The lowest BCUT2D eigenvalue weighted by atomic mass is 9.66. The Kier molecular flexibility index (Phi) is 2.63. The summed E-state index contributed by atoms with van der Waals surface area (Å²) in [6.45, 7) is 7.09. The zero-order chi connectivity index (χ0) is 10.3. The van der Waals surface area contributed by atoms with E-state index in [9.17, 15) is 5.11 Å². The first-order valence-electron chi connectivity index (χ1n) is 6.15. The van der Waals surface area contributed by atoms with Crippen molar-refractivity contribution in [2.75, 3.05) is 0 Å².